The molecule has 0 saturated heterocycles. The van der Waals surface area contributed by atoms with Gasteiger partial charge in [-0.25, -0.2) is 4.98 Å². The van der Waals surface area contributed by atoms with E-state index in [-0.39, 0.29) is 11.6 Å². The summed E-state index contributed by atoms with van der Waals surface area (Å²) in [5.41, 5.74) is 0.0725. The van der Waals surface area contributed by atoms with E-state index in [1.807, 2.05) is 19.9 Å². The third kappa shape index (κ3) is 3.83. The Morgan fingerprint density at radius 1 is 1.50 bits per heavy atom. The lowest BCUT2D eigenvalue weighted by Crippen LogP contribution is -2.25. The maximum atomic E-state index is 8.64. The van der Waals surface area contributed by atoms with E-state index >= 15 is 0 Å². The van der Waals surface area contributed by atoms with E-state index in [2.05, 4.69) is 9.97 Å². The molecule has 0 saturated carbocycles. The molecule has 1 heterocycles. The van der Waals surface area contributed by atoms with Crippen LogP contribution in [-0.2, 0) is 4.74 Å². The highest BCUT2D eigenvalue weighted by molar-refractivity contribution is 5.19. The molecule has 0 aliphatic carbocycles. The summed E-state index contributed by atoms with van der Waals surface area (Å²) in [6, 6.07) is 3.69. The van der Waals surface area contributed by atoms with Crippen molar-refractivity contribution in [2.24, 2.45) is 0 Å². The van der Waals surface area contributed by atoms with Crippen LogP contribution in [0, 0.1) is 11.3 Å². The maximum absolute atomic E-state index is 8.64. The molecule has 0 radical (unpaired) electrons. The standard InChI is InChI=1S/C11H15N3O2/c1-11(2,15-3)5-7-16-10-13-6-4-9(8-12)14-10/h4,6H,5,7H2,1-3H3. The summed E-state index contributed by atoms with van der Waals surface area (Å²) in [5.74, 6) is 0. The molecule has 0 aliphatic heterocycles. The Bertz CT molecular complexity index is 385. The van der Waals surface area contributed by atoms with Crippen molar-refractivity contribution < 1.29 is 9.47 Å². The normalized spacial score (nSPS) is 10.9. The zero-order valence-corrected chi connectivity index (χ0v) is 9.73. The van der Waals surface area contributed by atoms with Gasteiger partial charge in [-0.3, -0.25) is 0 Å². The van der Waals surface area contributed by atoms with Crippen LogP contribution in [0.3, 0.4) is 0 Å². The summed E-state index contributed by atoms with van der Waals surface area (Å²) in [7, 11) is 1.66. The number of methoxy groups -OCH3 is 1. The van der Waals surface area contributed by atoms with Gasteiger partial charge in [0, 0.05) is 19.7 Å². The van der Waals surface area contributed by atoms with Crippen molar-refractivity contribution in [2.75, 3.05) is 13.7 Å². The minimum absolute atomic E-state index is 0.228. The predicted molar refractivity (Wildman–Crippen MR) is 57.9 cm³/mol. The molecule has 0 spiro atoms. The van der Waals surface area contributed by atoms with Gasteiger partial charge in [0.2, 0.25) is 0 Å². The van der Waals surface area contributed by atoms with Crippen molar-refractivity contribution in [3.8, 4) is 12.1 Å². The number of nitrogens with zero attached hydrogens (tertiary/aromatic N) is 3. The zero-order valence-electron chi connectivity index (χ0n) is 9.73. The van der Waals surface area contributed by atoms with Crippen LogP contribution < -0.4 is 4.74 Å². The van der Waals surface area contributed by atoms with Crippen LogP contribution in [0.25, 0.3) is 0 Å². The minimum Gasteiger partial charge on any atom is -0.463 e. The molecule has 0 aliphatic rings. The van der Waals surface area contributed by atoms with Crippen LogP contribution in [-0.4, -0.2) is 29.3 Å². The largest absolute Gasteiger partial charge is 0.463 e. The predicted octanol–water partition coefficient (Wildman–Crippen LogP) is 1.54. The summed E-state index contributed by atoms with van der Waals surface area (Å²) >= 11 is 0. The van der Waals surface area contributed by atoms with Gasteiger partial charge >= 0.3 is 6.01 Å². The number of ether oxygens (including phenoxy) is 2. The van der Waals surface area contributed by atoms with Gasteiger partial charge in [0.1, 0.15) is 11.8 Å². The molecule has 1 rings (SSSR count). The molecule has 0 amide bonds. The van der Waals surface area contributed by atoms with Crippen LogP contribution in [0.1, 0.15) is 26.0 Å². The SMILES string of the molecule is COC(C)(C)CCOc1nccc(C#N)n1. The second kappa shape index (κ2) is 5.42. The Morgan fingerprint density at radius 2 is 2.25 bits per heavy atom. The first-order valence-corrected chi connectivity index (χ1v) is 4.98. The van der Waals surface area contributed by atoms with E-state index < -0.39 is 0 Å². The van der Waals surface area contributed by atoms with Crippen molar-refractivity contribution >= 4 is 0 Å². The Hall–Kier alpha value is -1.67. The highest BCUT2D eigenvalue weighted by Crippen LogP contribution is 2.13. The summed E-state index contributed by atoms with van der Waals surface area (Å²) in [6.07, 6.45) is 2.23. The number of hydrogen-bond acceptors (Lipinski definition) is 5. The van der Waals surface area contributed by atoms with E-state index in [4.69, 9.17) is 14.7 Å². The number of rotatable bonds is 5. The average molecular weight is 221 g/mol. The smallest absolute Gasteiger partial charge is 0.317 e. The maximum Gasteiger partial charge on any atom is 0.317 e. The molecule has 5 nitrogen and oxygen atoms in total. The number of aromatic nitrogens is 2. The fourth-order valence-corrected chi connectivity index (χ4v) is 0.963. The second-order valence-electron chi connectivity index (χ2n) is 3.90. The van der Waals surface area contributed by atoms with Crippen LogP contribution in [0.4, 0.5) is 0 Å². The first kappa shape index (κ1) is 12.4. The first-order chi connectivity index (χ1) is 7.57. The molecule has 5 heteroatoms. The summed E-state index contributed by atoms with van der Waals surface area (Å²) in [4.78, 5) is 7.81. The fraction of sp³-hybridized carbons (Fsp3) is 0.545. The van der Waals surface area contributed by atoms with Crippen LogP contribution >= 0.6 is 0 Å². The molecule has 0 bridgehead atoms. The fourth-order valence-electron chi connectivity index (χ4n) is 0.963. The molecular formula is C11H15N3O2. The first-order valence-electron chi connectivity index (χ1n) is 4.98. The van der Waals surface area contributed by atoms with E-state index in [1.54, 1.807) is 7.11 Å². The minimum atomic E-state index is -0.229. The molecule has 0 atom stereocenters. The van der Waals surface area contributed by atoms with E-state index in [9.17, 15) is 0 Å². The van der Waals surface area contributed by atoms with Gasteiger partial charge in [-0.05, 0) is 19.9 Å². The van der Waals surface area contributed by atoms with Crippen LogP contribution in [0.2, 0.25) is 0 Å². The number of nitriles is 1. The van der Waals surface area contributed by atoms with Crippen molar-refractivity contribution in [1.29, 1.82) is 5.26 Å². The van der Waals surface area contributed by atoms with Gasteiger partial charge in [0.15, 0.2) is 0 Å². The third-order valence-corrected chi connectivity index (χ3v) is 2.24. The quantitative estimate of drug-likeness (QED) is 0.754. The summed E-state index contributed by atoms with van der Waals surface area (Å²) in [6.45, 7) is 4.40. The third-order valence-electron chi connectivity index (χ3n) is 2.24. The highest BCUT2D eigenvalue weighted by atomic mass is 16.5. The molecular weight excluding hydrogens is 206 g/mol. The zero-order chi connectivity index (χ0) is 12.0. The van der Waals surface area contributed by atoms with Gasteiger partial charge in [-0.15, -0.1) is 0 Å². The average Bonchev–Trinajstić information content (AvgIpc) is 2.29. The molecule has 0 N–H and O–H groups in total. The van der Waals surface area contributed by atoms with Crippen LogP contribution in [0.5, 0.6) is 6.01 Å². The van der Waals surface area contributed by atoms with E-state index in [0.717, 1.165) is 6.42 Å². The molecule has 1 aromatic heterocycles. The highest BCUT2D eigenvalue weighted by Gasteiger charge is 2.16. The molecule has 0 fully saturated rings. The molecule has 16 heavy (non-hydrogen) atoms. The Balaban J connectivity index is 2.46. The molecule has 86 valence electrons. The molecule has 0 unspecified atom stereocenters. The summed E-state index contributed by atoms with van der Waals surface area (Å²) < 4.78 is 10.6. The Kier molecular flexibility index (Phi) is 4.20. The van der Waals surface area contributed by atoms with Gasteiger partial charge in [-0.1, -0.05) is 0 Å². The van der Waals surface area contributed by atoms with Crippen LogP contribution in [0.15, 0.2) is 12.3 Å². The van der Waals surface area contributed by atoms with Gasteiger partial charge in [0.05, 0.1) is 12.2 Å². The van der Waals surface area contributed by atoms with Crippen molar-refractivity contribution in [1.82, 2.24) is 9.97 Å². The molecule has 0 aromatic carbocycles. The van der Waals surface area contributed by atoms with Crippen molar-refractivity contribution in [3.63, 3.8) is 0 Å². The number of hydrogen-bond donors (Lipinski definition) is 0. The Labute approximate surface area is 95.0 Å². The molecule has 1 aromatic rings. The van der Waals surface area contributed by atoms with Crippen molar-refractivity contribution in [2.45, 2.75) is 25.9 Å². The van der Waals surface area contributed by atoms with E-state index in [0.29, 0.717) is 12.3 Å². The van der Waals surface area contributed by atoms with Gasteiger partial charge < -0.3 is 9.47 Å². The Morgan fingerprint density at radius 3 is 2.88 bits per heavy atom. The lowest BCUT2D eigenvalue weighted by Gasteiger charge is -2.22. The summed E-state index contributed by atoms with van der Waals surface area (Å²) in [5, 5.41) is 8.64. The van der Waals surface area contributed by atoms with Crippen molar-refractivity contribution in [3.05, 3.63) is 18.0 Å². The topological polar surface area (TPSA) is 68.0 Å². The second-order valence-corrected chi connectivity index (χ2v) is 3.90. The van der Waals surface area contributed by atoms with E-state index in [1.165, 1.54) is 12.3 Å². The van der Waals surface area contributed by atoms with Gasteiger partial charge in [0.25, 0.3) is 0 Å². The lowest BCUT2D eigenvalue weighted by molar-refractivity contribution is 0.00466. The lowest BCUT2D eigenvalue weighted by atomic mass is 10.1. The van der Waals surface area contributed by atoms with Gasteiger partial charge in [-0.2, -0.15) is 10.2 Å². The monoisotopic (exact) mass is 221 g/mol.